The molecule has 98 valence electrons. The minimum atomic E-state index is -0.123. The van der Waals surface area contributed by atoms with Crippen molar-refractivity contribution >= 4 is 17.0 Å². The third kappa shape index (κ3) is 1.79. The molecule has 4 rings (SSSR count). The number of fused-ring (bicyclic) bond motifs is 3. The number of hydrogen-bond acceptors (Lipinski definition) is 5. The zero-order valence-electron chi connectivity index (χ0n) is 10.3. The number of aromatic nitrogens is 2. The van der Waals surface area contributed by atoms with Crippen molar-refractivity contribution in [1.29, 1.82) is 0 Å². The molecule has 1 aliphatic heterocycles. The number of pyridine rings is 1. The number of rotatable bonds is 2. The van der Waals surface area contributed by atoms with E-state index in [0.29, 0.717) is 28.8 Å². The number of nitrogens with zero attached hydrogens (tertiary/aromatic N) is 2. The highest BCUT2D eigenvalue weighted by Gasteiger charge is 2.40. The summed E-state index contributed by atoms with van der Waals surface area (Å²) in [6.07, 6.45) is 5.08. The highest BCUT2D eigenvalue weighted by atomic mass is 16.3. The molecule has 0 radical (unpaired) electrons. The molecule has 2 bridgehead atoms. The molecular weight excluding hydrogens is 244 g/mol. The Morgan fingerprint density at radius 3 is 3.16 bits per heavy atom. The summed E-state index contributed by atoms with van der Waals surface area (Å²) in [5.41, 5.74) is 1.66. The van der Waals surface area contributed by atoms with E-state index >= 15 is 0 Å². The van der Waals surface area contributed by atoms with Crippen LogP contribution in [-0.2, 0) is 0 Å². The van der Waals surface area contributed by atoms with Crippen molar-refractivity contribution < 1.29 is 9.21 Å². The van der Waals surface area contributed by atoms with E-state index in [1.807, 2.05) is 0 Å². The second kappa shape index (κ2) is 4.03. The Morgan fingerprint density at radius 2 is 2.37 bits per heavy atom. The Bertz CT molecular complexity index is 638. The fourth-order valence-corrected chi connectivity index (χ4v) is 3.14. The van der Waals surface area contributed by atoms with Gasteiger partial charge in [0.1, 0.15) is 11.2 Å². The maximum atomic E-state index is 12.2. The van der Waals surface area contributed by atoms with Crippen molar-refractivity contribution in [1.82, 2.24) is 20.6 Å². The first-order valence-corrected chi connectivity index (χ1v) is 6.53. The van der Waals surface area contributed by atoms with Crippen molar-refractivity contribution in [2.75, 3.05) is 6.54 Å². The highest BCUT2D eigenvalue weighted by Crippen LogP contribution is 2.31. The SMILES string of the molecule is O=C(N[C@@H]1C[C@H]2C[C@@H]1CN2)c1cc2ncoc2cn1. The van der Waals surface area contributed by atoms with Crippen molar-refractivity contribution in [3.63, 3.8) is 0 Å². The van der Waals surface area contributed by atoms with Crippen LogP contribution in [0.15, 0.2) is 23.1 Å². The van der Waals surface area contributed by atoms with Gasteiger partial charge in [-0.1, -0.05) is 0 Å². The molecule has 1 amide bonds. The van der Waals surface area contributed by atoms with Crippen LogP contribution in [0.25, 0.3) is 11.1 Å². The van der Waals surface area contributed by atoms with E-state index in [9.17, 15) is 4.79 Å². The second-order valence-electron chi connectivity index (χ2n) is 5.31. The monoisotopic (exact) mass is 258 g/mol. The van der Waals surface area contributed by atoms with Gasteiger partial charge < -0.3 is 15.1 Å². The van der Waals surface area contributed by atoms with Gasteiger partial charge in [-0.25, -0.2) is 9.97 Å². The molecule has 2 aromatic heterocycles. The Balaban J connectivity index is 1.53. The lowest BCUT2D eigenvalue weighted by molar-refractivity contribution is 0.0920. The summed E-state index contributed by atoms with van der Waals surface area (Å²) in [6, 6.07) is 2.51. The van der Waals surface area contributed by atoms with Gasteiger partial charge in [-0.3, -0.25) is 4.79 Å². The minimum Gasteiger partial charge on any atom is -0.442 e. The van der Waals surface area contributed by atoms with Crippen LogP contribution in [0.2, 0.25) is 0 Å². The number of nitrogens with one attached hydrogen (secondary N) is 2. The molecule has 1 saturated carbocycles. The average Bonchev–Trinajstić information content (AvgIpc) is 3.13. The highest BCUT2D eigenvalue weighted by molar-refractivity contribution is 5.95. The smallest absolute Gasteiger partial charge is 0.270 e. The van der Waals surface area contributed by atoms with E-state index in [0.717, 1.165) is 13.0 Å². The third-order valence-electron chi connectivity index (χ3n) is 4.13. The maximum absolute atomic E-state index is 12.2. The molecule has 0 spiro atoms. The van der Waals surface area contributed by atoms with Gasteiger partial charge in [0.05, 0.1) is 6.20 Å². The number of hydrogen-bond donors (Lipinski definition) is 2. The topological polar surface area (TPSA) is 80.0 Å². The first kappa shape index (κ1) is 10.9. The van der Waals surface area contributed by atoms with Crippen LogP contribution in [-0.4, -0.2) is 34.5 Å². The molecule has 1 saturated heterocycles. The lowest BCUT2D eigenvalue weighted by Crippen LogP contribution is -2.44. The normalized spacial score (nSPS) is 28.9. The minimum absolute atomic E-state index is 0.123. The summed E-state index contributed by atoms with van der Waals surface area (Å²) in [6.45, 7) is 1.01. The van der Waals surface area contributed by atoms with Gasteiger partial charge in [-0.2, -0.15) is 0 Å². The molecule has 2 aliphatic rings. The van der Waals surface area contributed by atoms with Gasteiger partial charge >= 0.3 is 0 Å². The molecule has 1 aliphatic carbocycles. The number of amides is 1. The Hall–Kier alpha value is -1.95. The molecule has 3 atom stereocenters. The van der Waals surface area contributed by atoms with Crippen LogP contribution >= 0.6 is 0 Å². The molecule has 2 N–H and O–H groups in total. The molecule has 2 fully saturated rings. The molecule has 2 aromatic rings. The standard InChI is InChI=1S/C13H14N4O2/c18-13(17-9-2-8-1-7(9)4-14-8)11-3-10-12(5-15-11)19-6-16-10/h3,5-9,14H,1-2,4H2,(H,17,18)/t7-,8-,9-/m1/s1. The summed E-state index contributed by atoms with van der Waals surface area (Å²) in [7, 11) is 0. The van der Waals surface area contributed by atoms with Crippen LogP contribution < -0.4 is 10.6 Å². The van der Waals surface area contributed by atoms with Crippen molar-refractivity contribution in [2.45, 2.75) is 24.9 Å². The van der Waals surface area contributed by atoms with E-state index in [2.05, 4.69) is 20.6 Å². The fraction of sp³-hybridized carbons (Fsp3) is 0.462. The van der Waals surface area contributed by atoms with Crippen molar-refractivity contribution in [3.05, 3.63) is 24.4 Å². The number of piperidine rings is 1. The van der Waals surface area contributed by atoms with E-state index < -0.39 is 0 Å². The van der Waals surface area contributed by atoms with Gasteiger partial charge in [-0.05, 0) is 24.8 Å². The lowest BCUT2D eigenvalue weighted by atomic mass is 10.0. The van der Waals surface area contributed by atoms with Gasteiger partial charge in [0.2, 0.25) is 0 Å². The maximum Gasteiger partial charge on any atom is 0.270 e. The summed E-state index contributed by atoms with van der Waals surface area (Å²) >= 11 is 0. The zero-order valence-corrected chi connectivity index (χ0v) is 10.3. The zero-order chi connectivity index (χ0) is 12.8. The first-order chi connectivity index (χ1) is 9.29. The number of carbonyl (C=O) groups excluding carboxylic acids is 1. The van der Waals surface area contributed by atoms with E-state index in [1.54, 1.807) is 12.3 Å². The van der Waals surface area contributed by atoms with Crippen LogP contribution in [0.1, 0.15) is 23.3 Å². The van der Waals surface area contributed by atoms with Crippen molar-refractivity contribution in [3.8, 4) is 0 Å². The largest absolute Gasteiger partial charge is 0.442 e. The van der Waals surface area contributed by atoms with E-state index in [-0.39, 0.29) is 11.9 Å². The number of carbonyl (C=O) groups is 1. The quantitative estimate of drug-likeness (QED) is 0.829. The predicted molar refractivity (Wildman–Crippen MR) is 67.6 cm³/mol. The van der Waals surface area contributed by atoms with Crippen molar-refractivity contribution in [2.24, 2.45) is 5.92 Å². The number of oxazole rings is 1. The van der Waals surface area contributed by atoms with Crippen LogP contribution in [0.3, 0.4) is 0 Å². The summed E-state index contributed by atoms with van der Waals surface area (Å²) in [5, 5.41) is 6.51. The Morgan fingerprint density at radius 1 is 1.42 bits per heavy atom. The molecule has 0 unspecified atom stereocenters. The second-order valence-corrected chi connectivity index (χ2v) is 5.31. The van der Waals surface area contributed by atoms with Crippen LogP contribution in [0, 0.1) is 5.92 Å². The van der Waals surface area contributed by atoms with E-state index in [4.69, 9.17) is 4.42 Å². The molecule has 3 heterocycles. The first-order valence-electron chi connectivity index (χ1n) is 6.53. The van der Waals surface area contributed by atoms with Gasteiger partial charge in [-0.15, -0.1) is 0 Å². The van der Waals surface area contributed by atoms with Gasteiger partial charge in [0, 0.05) is 18.6 Å². The summed E-state index contributed by atoms with van der Waals surface area (Å²) in [5.74, 6) is 0.437. The average molecular weight is 258 g/mol. The van der Waals surface area contributed by atoms with Crippen LogP contribution in [0.4, 0.5) is 0 Å². The molecule has 6 nitrogen and oxygen atoms in total. The Kier molecular flexibility index (Phi) is 2.32. The lowest BCUT2D eigenvalue weighted by Gasteiger charge is -2.23. The van der Waals surface area contributed by atoms with Gasteiger partial charge in [0.15, 0.2) is 12.0 Å². The van der Waals surface area contributed by atoms with E-state index in [1.165, 1.54) is 12.8 Å². The van der Waals surface area contributed by atoms with Crippen LogP contribution in [0.5, 0.6) is 0 Å². The van der Waals surface area contributed by atoms with Gasteiger partial charge in [0.25, 0.3) is 5.91 Å². The fourth-order valence-electron chi connectivity index (χ4n) is 3.14. The molecule has 19 heavy (non-hydrogen) atoms. The third-order valence-corrected chi connectivity index (χ3v) is 4.13. The molecule has 6 heteroatoms. The summed E-state index contributed by atoms with van der Waals surface area (Å²) < 4.78 is 5.11. The summed E-state index contributed by atoms with van der Waals surface area (Å²) in [4.78, 5) is 20.3. The Labute approximate surface area is 109 Å². The predicted octanol–water partition coefficient (Wildman–Crippen LogP) is 0.703. The molecule has 0 aromatic carbocycles. The molecular formula is C13H14N4O2.